The van der Waals surface area contributed by atoms with Gasteiger partial charge in [-0.15, -0.1) is 0 Å². The summed E-state index contributed by atoms with van der Waals surface area (Å²) in [5.41, 5.74) is 6.20. The van der Waals surface area contributed by atoms with Gasteiger partial charge in [0.05, 0.1) is 11.7 Å². The molecule has 0 aromatic carbocycles. The van der Waals surface area contributed by atoms with Gasteiger partial charge in [-0.25, -0.2) is 0 Å². The molecule has 0 aliphatic heterocycles. The summed E-state index contributed by atoms with van der Waals surface area (Å²) in [6.45, 7) is 0.494. The van der Waals surface area contributed by atoms with Gasteiger partial charge in [-0.05, 0) is 19.3 Å². The molecule has 0 bridgehead atoms. The maximum Gasteiger partial charge on any atom is 0.240 e. The van der Waals surface area contributed by atoms with Crippen molar-refractivity contribution in [3.8, 4) is 0 Å². The van der Waals surface area contributed by atoms with E-state index in [9.17, 15) is 4.79 Å². The summed E-state index contributed by atoms with van der Waals surface area (Å²) in [4.78, 5) is 11.6. The molecular formula is C9H14N4O. The Bertz CT molecular complexity index is 316. The van der Waals surface area contributed by atoms with E-state index in [4.69, 9.17) is 5.73 Å². The van der Waals surface area contributed by atoms with E-state index in [2.05, 4.69) is 15.5 Å². The topological polar surface area (TPSA) is 83.8 Å². The molecule has 1 saturated carbocycles. The van der Waals surface area contributed by atoms with Crippen LogP contribution in [0.4, 0.5) is 0 Å². The number of carbonyl (C=O) groups is 1. The number of hydrogen-bond acceptors (Lipinski definition) is 3. The van der Waals surface area contributed by atoms with Gasteiger partial charge in [0.1, 0.15) is 0 Å². The fourth-order valence-electron chi connectivity index (χ4n) is 1.52. The Hall–Kier alpha value is -1.36. The molecule has 76 valence electrons. The second kappa shape index (κ2) is 3.42. The fraction of sp³-hybridized carbons (Fsp3) is 0.556. The number of aromatic nitrogens is 2. The molecule has 2 rings (SSSR count). The molecule has 5 nitrogen and oxygen atoms in total. The van der Waals surface area contributed by atoms with Gasteiger partial charge >= 0.3 is 0 Å². The van der Waals surface area contributed by atoms with Crippen molar-refractivity contribution in [2.75, 3.05) is 0 Å². The summed E-state index contributed by atoms with van der Waals surface area (Å²) < 4.78 is 0. The van der Waals surface area contributed by atoms with E-state index < -0.39 is 5.54 Å². The monoisotopic (exact) mass is 194 g/mol. The Morgan fingerprint density at radius 1 is 1.71 bits per heavy atom. The van der Waals surface area contributed by atoms with Crippen LogP contribution in [0.5, 0.6) is 0 Å². The molecule has 5 heteroatoms. The van der Waals surface area contributed by atoms with Crippen molar-refractivity contribution in [1.29, 1.82) is 0 Å². The lowest BCUT2D eigenvalue weighted by atomic mass is 9.77. The number of aromatic amines is 1. The molecule has 1 amide bonds. The molecule has 4 N–H and O–H groups in total. The molecule has 1 fully saturated rings. The Morgan fingerprint density at radius 2 is 2.50 bits per heavy atom. The smallest absolute Gasteiger partial charge is 0.240 e. The summed E-state index contributed by atoms with van der Waals surface area (Å²) in [5, 5.41) is 9.28. The van der Waals surface area contributed by atoms with Crippen LogP contribution in [0.2, 0.25) is 0 Å². The maximum atomic E-state index is 11.6. The van der Waals surface area contributed by atoms with Crippen molar-refractivity contribution >= 4 is 5.91 Å². The zero-order chi connectivity index (χ0) is 10.0. The molecule has 0 unspecified atom stereocenters. The van der Waals surface area contributed by atoms with E-state index in [1.807, 2.05) is 0 Å². The largest absolute Gasteiger partial charge is 0.350 e. The van der Waals surface area contributed by atoms with Crippen LogP contribution < -0.4 is 11.1 Å². The predicted molar refractivity (Wildman–Crippen MR) is 51.2 cm³/mol. The van der Waals surface area contributed by atoms with E-state index in [-0.39, 0.29) is 5.91 Å². The van der Waals surface area contributed by atoms with Gasteiger partial charge in [0, 0.05) is 18.3 Å². The lowest BCUT2D eigenvalue weighted by Crippen LogP contribution is -2.58. The van der Waals surface area contributed by atoms with Gasteiger partial charge in [-0.1, -0.05) is 0 Å². The number of nitrogens with two attached hydrogens (primary N) is 1. The highest BCUT2D eigenvalue weighted by molar-refractivity contribution is 5.86. The van der Waals surface area contributed by atoms with Crippen molar-refractivity contribution in [1.82, 2.24) is 15.5 Å². The third-order valence-electron chi connectivity index (χ3n) is 2.71. The van der Waals surface area contributed by atoms with Crippen molar-refractivity contribution in [3.63, 3.8) is 0 Å². The second-order valence-electron chi connectivity index (χ2n) is 3.80. The molecular weight excluding hydrogens is 180 g/mol. The van der Waals surface area contributed by atoms with Gasteiger partial charge in [0.25, 0.3) is 0 Å². The molecule has 0 radical (unpaired) electrons. The first-order valence-electron chi connectivity index (χ1n) is 4.75. The maximum absolute atomic E-state index is 11.6. The van der Waals surface area contributed by atoms with Gasteiger partial charge in [-0.3, -0.25) is 9.89 Å². The minimum absolute atomic E-state index is 0.0510. The highest BCUT2D eigenvalue weighted by Crippen LogP contribution is 2.28. The zero-order valence-corrected chi connectivity index (χ0v) is 7.92. The molecule has 1 aliphatic rings. The summed E-state index contributed by atoms with van der Waals surface area (Å²) in [6.07, 6.45) is 6.08. The minimum Gasteiger partial charge on any atom is -0.350 e. The van der Waals surface area contributed by atoms with Crippen molar-refractivity contribution in [3.05, 3.63) is 18.0 Å². The Labute approximate surface area is 82.1 Å². The molecule has 0 spiro atoms. The lowest BCUT2D eigenvalue weighted by Gasteiger charge is -2.36. The summed E-state index contributed by atoms with van der Waals surface area (Å²) in [6, 6.07) is 0. The molecule has 14 heavy (non-hydrogen) atoms. The molecule has 1 aromatic heterocycles. The van der Waals surface area contributed by atoms with Crippen LogP contribution in [0.3, 0.4) is 0 Å². The van der Waals surface area contributed by atoms with E-state index >= 15 is 0 Å². The van der Waals surface area contributed by atoms with E-state index in [1.165, 1.54) is 0 Å². The Balaban J connectivity index is 1.84. The predicted octanol–water partition coefficient (Wildman–Crippen LogP) is -0.0927. The average molecular weight is 194 g/mol. The summed E-state index contributed by atoms with van der Waals surface area (Å²) in [5.74, 6) is -0.0510. The first-order chi connectivity index (χ1) is 6.71. The number of H-pyrrole nitrogens is 1. The fourth-order valence-corrected chi connectivity index (χ4v) is 1.52. The number of nitrogens with zero attached hydrogens (tertiary/aromatic N) is 1. The molecule has 0 saturated heterocycles. The molecule has 1 aromatic rings. The van der Waals surface area contributed by atoms with Crippen molar-refractivity contribution in [2.24, 2.45) is 5.73 Å². The van der Waals surface area contributed by atoms with Crippen LogP contribution in [0.1, 0.15) is 24.8 Å². The van der Waals surface area contributed by atoms with Gasteiger partial charge in [0.15, 0.2) is 0 Å². The minimum atomic E-state index is -0.607. The van der Waals surface area contributed by atoms with E-state index in [0.717, 1.165) is 24.8 Å². The Morgan fingerprint density at radius 3 is 3.00 bits per heavy atom. The second-order valence-corrected chi connectivity index (χ2v) is 3.80. The number of amides is 1. The van der Waals surface area contributed by atoms with Crippen LogP contribution in [-0.2, 0) is 11.3 Å². The highest BCUT2D eigenvalue weighted by Gasteiger charge is 2.39. The zero-order valence-electron chi connectivity index (χ0n) is 7.92. The first kappa shape index (κ1) is 9.21. The van der Waals surface area contributed by atoms with Crippen LogP contribution in [0.15, 0.2) is 12.4 Å². The Kier molecular flexibility index (Phi) is 2.25. The van der Waals surface area contributed by atoms with Crippen LogP contribution in [-0.4, -0.2) is 21.6 Å². The number of rotatable bonds is 3. The van der Waals surface area contributed by atoms with E-state index in [1.54, 1.807) is 12.4 Å². The highest BCUT2D eigenvalue weighted by atomic mass is 16.2. The van der Waals surface area contributed by atoms with E-state index in [0.29, 0.717) is 6.54 Å². The SMILES string of the molecule is NC1(C(=O)NCc2cn[nH]c2)CCC1. The van der Waals surface area contributed by atoms with Crippen molar-refractivity contribution in [2.45, 2.75) is 31.3 Å². The standard InChI is InChI=1S/C9H14N4O/c10-9(2-1-3-9)8(14)11-4-7-5-12-13-6-7/h5-6H,1-4,10H2,(H,11,14)(H,12,13). The third kappa shape index (κ3) is 1.63. The van der Waals surface area contributed by atoms with Gasteiger partial charge in [-0.2, -0.15) is 5.10 Å². The quantitative estimate of drug-likeness (QED) is 0.628. The van der Waals surface area contributed by atoms with Gasteiger partial charge in [0.2, 0.25) is 5.91 Å². The van der Waals surface area contributed by atoms with Gasteiger partial charge < -0.3 is 11.1 Å². The molecule has 1 aliphatic carbocycles. The third-order valence-corrected chi connectivity index (χ3v) is 2.71. The normalized spacial score (nSPS) is 18.6. The lowest BCUT2D eigenvalue weighted by molar-refractivity contribution is -0.129. The average Bonchev–Trinajstić information content (AvgIpc) is 2.62. The summed E-state index contributed by atoms with van der Waals surface area (Å²) >= 11 is 0. The number of hydrogen-bond donors (Lipinski definition) is 3. The summed E-state index contributed by atoms with van der Waals surface area (Å²) in [7, 11) is 0. The first-order valence-corrected chi connectivity index (χ1v) is 4.75. The number of nitrogens with one attached hydrogen (secondary N) is 2. The van der Waals surface area contributed by atoms with Crippen LogP contribution in [0, 0.1) is 0 Å². The van der Waals surface area contributed by atoms with Crippen LogP contribution in [0.25, 0.3) is 0 Å². The molecule has 0 atom stereocenters. The molecule has 1 heterocycles. The van der Waals surface area contributed by atoms with Crippen LogP contribution >= 0.6 is 0 Å². The number of carbonyl (C=O) groups excluding carboxylic acids is 1. The van der Waals surface area contributed by atoms with Crippen molar-refractivity contribution < 1.29 is 4.79 Å².